The molecule has 2 N–H and O–H groups in total. The number of rotatable bonds is 3. The first-order valence-corrected chi connectivity index (χ1v) is 5.07. The van der Waals surface area contributed by atoms with Crippen LogP contribution in [0.4, 0.5) is 0 Å². The zero-order valence-electron chi connectivity index (χ0n) is 8.77. The van der Waals surface area contributed by atoms with Crippen LogP contribution in [-0.4, -0.2) is 29.3 Å². The van der Waals surface area contributed by atoms with Crippen molar-refractivity contribution in [1.82, 2.24) is 9.97 Å². The van der Waals surface area contributed by atoms with Crippen LogP contribution in [0.5, 0.6) is 6.01 Å². The van der Waals surface area contributed by atoms with E-state index in [0.717, 1.165) is 24.4 Å². The molecule has 15 heavy (non-hydrogen) atoms. The monoisotopic (exact) mass is 209 g/mol. The van der Waals surface area contributed by atoms with Crippen molar-refractivity contribution in [2.75, 3.05) is 13.2 Å². The summed E-state index contributed by atoms with van der Waals surface area (Å²) in [5.74, 6) is 0. The maximum Gasteiger partial charge on any atom is 0.317 e. The van der Waals surface area contributed by atoms with Crippen molar-refractivity contribution in [3.05, 3.63) is 17.5 Å². The van der Waals surface area contributed by atoms with E-state index in [1.165, 1.54) is 0 Å². The van der Waals surface area contributed by atoms with Crippen molar-refractivity contribution in [3.8, 4) is 6.01 Å². The first-order chi connectivity index (χ1) is 7.28. The lowest BCUT2D eigenvalue weighted by molar-refractivity contribution is 0.134. The number of nitrogens with zero attached hydrogens (tertiary/aromatic N) is 2. The van der Waals surface area contributed by atoms with Gasteiger partial charge in [0.2, 0.25) is 0 Å². The molecule has 0 aromatic carbocycles. The van der Waals surface area contributed by atoms with Gasteiger partial charge in [0, 0.05) is 18.7 Å². The summed E-state index contributed by atoms with van der Waals surface area (Å²) in [6, 6.07) is 2.27. The zero-order chi connectivity index (χ0) is 10.7. The van der Waals surface area contributed by atoms with Crippen LogP contribution < -0.4 is 10.5 Å². The molecule has 1 aromatic heterocycles. The molecule has 0 radical (unpaired) electrons. The number of hydrogen-bond donors (Lipinski definition) is 1. The molecule has 1 atom stereocenters. The zero-order valence-corrected chi connectivity index (χ0v) is 8.77. The van der Waals surface area contributed by atoms with Crippen molar-refractivity contribution in [2.24, 2.45) is 5.73 Å². The minimum atomic E-state index is 0.0809. The highest BCUT2D eigenvalue weighted by Crippen LogP contribution is 2.13. The van der Waals surface area contributed by atoms with Gasteiger partial charge in [-0.3, -0.25) is 0 Å². The van der Waals surface area contributed by atoms with Gasteiger partial charge in [-0.15, -0.1) is 0 Å². The second-order valence-corrected chi connectivity index (χ2v) is 3.59. The summed E-state index contributed by atoms with van der Waals surface area (Å²) >= 11 is 0. The molecule has 5 heteroatoms. The van der Waals surface area contributed by atoms with E-state index in [4.69, 9.17) is 15.2 Å². The summed E-state index contributed by atoms with van der Waals surface area (Å²) < 4.78 is 10.8. The smallest absolute Gasteiger partial charge is 0.317 e. The van der Waals surface area contributed by atoms with Crippen LogP contribution >= 0.6 is 0 Å². The van der Waals surface area contributed by atoms with Crippen molar-refractivity contribution in [3.63, 3.8) is 0 Å². The van der Waals surface area contributed by atoms with E-state index >= 15 is 0 Å². The number of ether oxygens (including phenoxy) is 2. The lowest BCUT2D eigenvalue weighted by atomic mass is 10.3. The molecule has 0 saturated carbocycles. The molecule has 1 unspecified atom stereocenters. The number of nitrogens with two attached hydrogens (primary N) is 1. The quantitative estimate of drug-likeness (QED) is 0.780. The minimum Gasteiger partial charge on any atom is -0.458 e. The van der Waals surface area contributed by atoms with Crippen molar-refractivity contribution in [2.45, 2.75) is 26.0 Å². The van der Waals surface area contributed by atoms with Gasteiger partial charge in [0.25, 0.3) is 0 Å². The van der Waals surface area contributed by atoms with Gasteiger partial charge in [0.05, 0.1) is 18.9 Å². The highest BCUT2D eigenvalue weighted by molar-refractivity contribution is 5.12. The molecule has 1 saturated heterocycles. The highest BCUT2D eigenvalue weighted by Gasteiger charge is 2.18. The predicted octanol–water partition coefficient (Wildman–Crippen LogP) is 0.411. The van der Waals surface area contributed by atoms with Gasteiger partial charge in [0.15, 0.2) is 0 Å². The van der Waals surface area contributed by atoms with E-state index in [1.807, 2.05) is 13.0 Å². The van der Waals surface area contributed by atoms with Crippen LogP contribution in [0.1, 0.15) is 17.8 Å². The maximum atomic E-state index is 5.60. The van der Waals surface area contributed by atoms with Crippen molar-refractivity contribution in [1.29, 1.82) is 0 Å². The lowest BCUT2D eigenvalue weighted by Gasteiger charge is -2.10. The number of aromatic nitrogens is 2. The molecular formula is C10H15N3O2. The minimum absolute atomic E-state index is 0.0809. The summed E-state index contributed by atoms with van der Waals surface area (Å²) in [6.07, 6.45) is 0.979. The fourth-order valence-corrected chi connectivity index (χ4v) is 1.52. The standard InChI is InChI=1S/C10H15N3O2/c1-7-4-8(5-11)13-10(12-7)15-9-2-3-14-6-9/h4,9H,2-3,5-6,11H2,1H3. The maximum absolute atomic E-state index is 5.60. The predicted molar refractivity (Wildman–Crippen MR) is 54.5 cm³/mol. The third-order valence-corrected chi connectivity index (χ3v) is 2.26. The second-order valence-electron chi connectivity index (χ2n) is 3.59. The van der Waals surface area contributed by atoms with Crippen LogP contribution in [0.3, 0.4) is 0 Å². The fraction of sp³-hybridized carbons (Fsp3) is 0.600. The SMILES string of the molecule is Cc1cc(CN)nc(OC2CCOC2)n1. The Hall–Kier alpha value is -1.20. The van der Waals surface area contributed by atoms with E-state index in [9.17, 15) is 0 Å². The van der Waals surface area contributed by atoms with E-state index in [1.54, 1.807) is 0 Å². The van der Waals surface area contributed by atoms with Gasteiger partial charge < -0.3 is 15.2 Å². The Morgan fingerprint density at radius 1 is 1.60 bits per heavy atom. The lowest BCUT2D eigenvalue weighted by Crippen LogP contribution is -2.18. The van der Waals surface area contributed by atoms with Crippen molar-refractivity contribution < 1.29 is 9.47 Å². The van der Waals surface area contributed by atoms with Gasteiger partial charge in [-0.1, -0.05) is 0 Å². The molecular weight excluding hydrogens is 194 g/mol. The molecule has 2 heterocycles. The molecule has 5 nitrogen and oxygen atoms in total. The Balaban J connectivity index is 2.09. The van der Waals surface area contributed by atoms with E-state index in [2.05, 4.69) is 9.97 Å². The second kappa shape index (κ2) is 4.55. The fourth-order valence-electron chi connectivity index (χ4n) is 1.52. The molecule has 1 fully saturated rings. The van der Waals surface area contributed by atoms with Gasteiger partial charge in [0.1, 0.15) is 6.10 Å². The molecule has 1 aliphatic rings. The van der Waals surface area contributed by atoms with Crippen LogP contribution in [0.25, 0.3) is 0 Å². The molecule has 0 amide bonds. The average Bonchev–Trinajstić information content (AvgIpc) is 2.69. The first-order valence-electron chi connectivity index (χ1n) is 5.07. The normalized spacial score (nSPS) is 20.5. The topological polar surface area (TPSA) is 70.3 Å². The summed E-state index contributed by atoms with van der Waals surface area (Å²) in [4.78, 5) is 8.40. The summed E-state index contributed by atoms with van der Waals surface area (Å²) in [5.41, 5.74) is 7.20. The summed E-state index contributed by atoms with van der Waals surface area (Å²) in [7, 11) is 0. The molecule has 0 aliphatic carbocycles. The third kappa shape index (κ3) is 2.64. The van der Waals surface area contributed by atoms with E-state index in [0.29, 0.717) is 19.2 Å². The van der Waals surface area contributed by atoms with Crippen LogP contribution in [0.2, 0.25) is 0 Å². The molecule has 1 aliphatic heterocycles. The Labute approximate surface area is 88.6 Å². The van der Waals surface area contributed by atoms with Crippen molar-refractivity contribution >= 4 is 0 Å². The third-order valence-electron chi connectivity index (χ3n) is 2.26. The summed E-state index contributed by atoms with van der Waals surface area (Å²) in [5, 5.41) is 0. The van der Waals surface area contributed by atoms with Crippen LogP contribution in [-0.2, 0) is 11.3 Å². The van der Waals surface area contributed by atoms with Gasteiger partial charge in [-0.05, 0) is 13.0 Å². The van der Waals surface area contributed by atoms with Crippen LogP contribution in [0.15, 0.2) is 6.07 Å². The average molecular weight is 209 g/mol. The highest BCUT2D eigenvalue weighted by atomic mass is 16.6. The summed E-state index contributed by atoms with van der Waals surface area (Å²) in [6.45, 7) is 3.68. The largest absolute Gasteiger partial charge is 0.458 e. The Kier molecular flexibility index (Phi) is 3.13. The Morgan fingerprint density at radius 3 is 3.13 bits per heavy atom. The first kappa shape index (κ1) is 10.3. The molecule has 0 spiro atoms. The van der Waals surface area contributed by atoms with E-state index < -0.39 is 0 Å². The van der Waals surface area contributed by atoms with E-state index in [-0.39, 0.29) is 6.10 Å². The van der Waals surface area contributed by atoms with Gasteiger partial charge in [-0.2, -0.15) is 4.98 Å². The Bertz CT molecular complexity index is 337. The van der Waals surface area contributed by atoms with Gasteiger partial charge in [-0.25, -0.2) is 4.98 Å². The van der Waals surface area contributed by atoms with Gasteiger partial charge >= 0.3 is 6.01 Å². The molecule has 82 valence electrons. The molecule has 0 bridgehead atoms. The number of hydrogen-bond acceptors (Lipinski definition) is 5. The Morgan fingerprint density at radius 2 is 2.47 bits per heavy atom. The molecule has 1 aromatic rings. The molecule has 2 rings (SSSR count). The number of aryl methyl sites for hydroxylation is 1. The van der Waals surface area contributed by atoms with Crippen LogP contribution in [0, 0.1) is 6.92 Å².